The molecule has 4 rings (SSSR count). The van der Waals surface area contributed by atoms with Crippen LogP contribution >= 0.6 is 0 Å². The Hall–Kier alpha value is -3.52. The van der Waals surface area contributed by atoms with E-state index in [1.165, 1.54) is 10.5 Å². The molecule has 0 unspecified atom stereocenters. The summed E-state index contributed by atoms with van der Waals surface area (Å²) < 4.78 is 16.0. The van der Waals surface area contributed by atoms with Gasteiger partial charge in [-0.2, -0.15) is 0 Å². The number of benzene rings is 2. The van der Waals surface area contributed by atoms with Gasteiger partial charge in [-0.15, -0.1) is 0 Å². The highest BCUT2D eigenvalue weighted by atomic mass is 16.5. The number of amides is 3. The normalized spacial score (nSPS) is 15.4. The Morgan fingerprint density at radius 2 is 1.31 bits per heavy atom. The number of urea groups is 1. The van der Waals surface area contributed by atoms with E-state index in [2.05, 4.69) is 24.8 Å². The van der Waals surface area contributed by atoms with Crippen molar-refractivity contribution in [2.75, 3.05) is 41.5 Å². The zero-order valence-corrected chi connectivity index (χ0v) is 27.7. The first-order valence-corrected chi connectivity index (χ1v) is 14.9. The Bertz CT molecular complexity index is 1130. The quantitative estimate of drug-likeness (QED) is 0.254. The summed E-state index contributed by atoms with van der Waals surface area (Å²) in [7, 11) is 6.62. The van der Waals surface area contributed by atoms with Gasteiger partial charge in [-0.25, -0.2) is 4.79 Å². The van der Waals surface area contributed by atoms with E-state index in [9.17, 15) is 9.59 Å². The van der Waals surface area contributed by atoms with Crippen molar-refractivity contribution < 1.29 is 23.8 Å². The van der Waals surface area contributed by atoms with E-state index in [0.717, 1.165) is 42.3 Å². The Kier molecular flexibility index (Phi) is 15.7. The van der Waals surface area contributed by atoms with Crippen molar-refractivity contribution in [3.8, 4) is 17.2 Å². The predicted molar refractivity (Wildman–Crippen MR) is 171 cm³/mol. The van der Waals surface area contributed by atoms with Crippen molar-refractivity contribution in [2.45, 2.75) is 79.9 Å². The van der Waals surface area contributed by atoms with Crippen LogP contribution in [0.2, 0.25) is 0 Å². The van der Waals surface area contributed by atoms with Gasteiger partial charge in [0.25, 0.3) is 5.91 Å². The molecule has 234 valence electrons. The number of carbonyl (C=O) groups excluding carboxylic acids is 2. The van der Waals surface area contributed by atoms with Crippen LogP contribution in [0.1, 0.15) is 72.4 Å². The third-order valence-corrected chi connectivity index (χ3v) is 7.36. The van der Waals surface area contributed by atoms with E-state index < -0.39 is 5.54 Å². The van der Waals surface area contributed by atoms with Gasteiger partial charge in [0.1, 0.15) is 22.8 Å². The lowest BCUT2D eigenvalue weighted by Crippen LogP contribution is -2.55. The van der Waals surface area contributed by atoms with E-state index in [1.807, 2.05) is 77.1 Å². The van der Waals surface area contributed by atoms with Crippen molar-refractivity contribution in [3.63, 3.8) is 0 Å². The molecular weight excluding hydrogens is 530 g/mol. The first-order chi connectivity index (χ1) is 20.2. The van der Waals surface area contributed by atoms with Gasteiger partial charge in [-0.05, 0) is 69.0 Å². The molecule has 0 bridgehead atoms. The molecule has 2 aliphatic rings. The summed E-state index contributed by atoms with van der Waals surface area (Å²) in [4.78, 5) is 31.8. The number of likely N-dealkylation sites (N-methyl/N-ethyl adjacent to an activating group) is 1. The number of imide groups is 1. The van der Waals surface area contributed by atoms with Crippen LogP contribution in [0.25, 0.3) is 0 Å². The van der Waals surface area contributed by atoms with Crippen molar-refractivity contribution in [1.82, 2.24) is 14.7 Å². The monoisotopic (exact) mass is 583 g/mol. The van der Waals surface area contributed by atoms with Crippen LogP contribution in [0.4, 0.5) is 4.79 Å². The first kappa shape index (κ1) is 36.5. The molecule has 0 aliphatic carbocycles. The number of piperidine rings is 1. The summed E-state index contributed by atoms with van der Waals surface area (Å²) in [6, 6.07) is 13.1. The third kappa shape index (κ3) is 9.24. The summed E-state index contributed by atoms with van der Waals surface area (Å²) in [6.45, 7) is 16.6. The van der Waals surface area contributed by atoms with E-state index in [4.69, 9.17) is 14.2 Å². The maximum atomic E-state index is 13.5. The van der Waals surface area contributed by atoms with Crippen LogP contribution in [-0.2, 0) is 17.9 Å². The minimum absolute atomic E-state index is 0.111. The highest BCUT2D eigenvalue weighted by molar-refractivity contribution is 6.06. The first-order valence-electron chi connectivity index (χ1n) is 14.9. The maximum Gasteiger partial charge on any atom is 0.327 e. The summed E-state index contributed by atoms with van der Waals surface area (Å²) >= 11 is 0. The maximum absolute atomic E-state index is 13.5. The SMILES string of the molecule is CC.CC.CC=C(C)C.COc1cccc(CN2C(=O)N(C)C3(CCN(Cc4cc(OC)cc(OC)c4)CC3)C2=O)c1. The second kappa shape index (κ2) is 18.1. The van der Waals surface area contributed by atoms with Crippen LogP contribution in [0.15, 0.2) is 54.1 Å². The van der Waals surface area contributed by atoms with Crippen LogP contribution in [-0.4, -0.2) is 73.6 Å². The Morgan fingerprint density at radius 3 is 1.79 bits per heavy atom. The average Bonchev–Trinajstić information content (AvgIpc) is 3.20. The van der Waals surface area contributed by atoms with E-state index in [-0.39, 0.29) is 18.5 Å². The average molecular weight is 584 g/mol. The van der Waals surface area contributed by atoms with Gasteiger partial charge >= 0.3 is 6.03 Å². The fraction of sp³-hybridized carbons (Fsp3) is 0.529. The van der Waals surface area contributed by atoms with Gasteiger partial charge in [-0.3, -0.25) is 14.6 Å². The molecule has 2 heterocycles. The topological polar surface area (TPSA) is 71.6 Å². The number of nitrogens with zero attached hydrogens (tertiary/aromatic N) is 3. The molecule has 2 aromatic carbocycles. The number of likely N-dealkylation sites (tertiary alicyclic amines) is 1. The number of methoxy groups -OCH3 is 3. The predicted octanol–water partition coefficient (Wildman–Crippen LogP) is 7.17. The number of hydrogen-bond donors (Lipinski definition) is 0. The minimum Gasteiger partial charge on any atom is -0.497 e. The molecule has 2 saturated heterocycles. The van der Waals surface area contributed by atoms with Crippen molar-refractivity contribution in [1.29, 1.82) is 0 Å². The van der Waals surface area contributed by atoms with E-state index >= 15 is 0 Å². The summed E-state index contributed by atoms with van der Waals surface area (Å²) in [5, 5.41) is 0. The van der Waals surface area contributed by atoms with Gasteiger partial charge in [0.15, 0.2) is 0 Å². The molecule has 2 aromatic rings. The van der Waals surface area contributed by atoms with Crippen LogP contribution in [0.5, 0.6) is 17.2 Å². The molecule has 42 heavy (non-hydrogen) atoms. The molecule has 1 spiro atoms. The van der Waals surface area contributed by atoms with Crippen LogP contribution in [0.3, 0.4) is 0 Å². The fourth-order valence-corrected chi connectivity index (χ4v) is 4.78. The third-order valence-electron chi connectivity index (χ3n) is 7.36. The number of ether oxygens (including phenoxy) is 3. The lowest BCUT2D eigenvalue weighted by molar-refractivity contribution is -0.135. The molecular formula is C34H53N3O5. The standard InChI is InChI=1S/C25H31N3O5.C5H10.2C2H6/c1-26-24(30)28(17-18-6-5-7-20(12-18)31-2)23(29)25(26)8-10-27(11-9-25)16-19-13-21(32-3)15-22(14-19)33-4;1-4-5(2)3;2*1-2/h5-7,12-15H,8-11,16-17H2,1-4H3;4H,1-3H3;2*1-2H3. The van der Waals surface area contributed by atoms with Crippen LogP contribution in [0, 0.1) is 0 Å². The summed E-state index contributed by atoms with van der Waals surface area (Å²) in [5.74, 6) is 2.10. The molecule has 2 fully saturated rings. The lowest BCUT2D eigenvalue weighted by Gasteiger charge is -2.40. The van der Waals surface area contributed by atoms with Gasteiger partial charge in [0, 0.05) is 32.7 Å². The van der Waals surface area contributed by atoms with Crippen molar-refractivity contribution in [2.24, 2.45) is 0 Å². The summed E-state index contributed by atoms with van der Waals surface area (Å²) in [5.41, 5.74) is 2.55. The second-order valence-corrected chi connectivity index (χ2v) is 9.98. The van der Waals surface area contributed by atoms with E-state index in [0.29, 0.717) is 18.6 Å². The van der Waals surface area contributed by atoms with Crippen molar-refractivity contribution >= 4 is 11.9 Å². The Morgan fingerprint density at radius 1 is 0.810 bits per heavy atom. The molecule has 0 saturated carbocycles. The van der Waals surface area contributed by atoms with Gasteiger partial charge < -0.3 is 19.1 Å². The molecule has 0 N–H and O–H groups in total. The molecule has 0 aromatic heterocycles. The fourth-order valence-electron chi connectivity index (χ4n) is 4.78. The molecule has 2 aliphatic heterocycles. The number of carbonyl (C=O) groups is 2. The number of allylic oxidation sites excluding steroid dienone is 2. The van der Waals surface area contributed by atoms with Crippen molar-refractivity contribution in [3.05, 3.63) is 65.2 Å². The lowest BCUT2D eigenvalue weighted by atomic mass is 9.86. The van der Waals surface area contributed by atoms with Gasteiger partial charge in [0.2, 0.25) is 0 Å². The minimum atomic E-state index is -0.779. The van der Waals surface area contributed by atoms with Gasteiger partial charge in [-0.1, -0.05) is 51.5 Å². The molecule has 8 nitrogen and oxygen atoms in total. The Balaban J connectivity index is 0.000000873. The summed E-state index contributed by atoms with van der Waals surface area (Å²) in [6.07, 6.45) is 3.29. The second-order valence-electron chi connectivity index (χ2n) is 9.98. The van der Waals surface area contributed by atoms with E-state index in [1.54, 1.807) is 33.3 Å². The molecule has 0 atom stereocenters. The highest BCUT2D eigenvalue weighted by Crippen LogP contribution is 2.37. The molecule has 0 radical (unpaired) electrons. The Labute approximate surface area is 254 Å². The number of rotatable bonds is 7. The highest BCUT2D eigenvalue weighted by Gasteiger charge is 2.56. The molecule has 3 amide bonds. The zero-order valence-electron chi connectivity index (χ0n) is 27.7. The smallest absolute Gasteiger partial charge is 0.327 e. The zero-order chi connectivity index (χ0) is 31.9. The largest absolute Gasteiger partial charge is 0.497 e. The molecule has 8 heteroatoms. The van der Waals surface area contributed by atoms with Crippen LogP contribution < -0.4 is 14.2 Å². The number of hydrogen-bond acceptors (Lipinski definition) is 6. The van der Waals surface area contributed by atoms with Gasteiger partial charge in [0.05, 0.1) is 27.9 Å².